The highest BCUT2D eigenvalue weighted by Crippen LogP contribution is 2.17. The fourth-order valence-electron chi connectivity index (χ4n) is 2.15. The molecule has 2 aromatic rings. The van der Waals surface area contributed by atoms with E-state index in [9.17, 15) is 4.79 Å². The molecular formula is C16H19N3O2. The van der Waals surface area contributed by atoms with Crippen molar-refractivity contribution in [1.82, 2.24) is 14.8 Å². The Hall–Kier alpha value is -2.43. The minimum atomic E-state index is -0.968. The second-order valence-corrected chi connectivity index (χ2v) is 4.83. The third-order valence-corrected chi connectivity index (χ3v) is 3.25. The summed E-state index contributed by atoms with van der Waals surface area (Å²) in [6.07, 6.45) is 6.08. The zero-order chi connectivity index (χ0) is 15.4. The molecule has 0 aliphatic rings. The van der Waals surface area contributed by atoms with Crippen LogP contribution < -0.4 is 0 Å². The molecule has 0 radical (unpaired) electrons. The van der Waals surface area contributed by atoms with Crippen LogP contribution in [0.4, 0.5) is 0 Å². The standard InChI is InChI=1S/C16H19N3O2/c1-4-13-9-14(5-2)19(18-13)16-11(3)8-12(10-17-16)6-7-15(20)21/h6-10H,4-5H2,1-3H3,(H,20,21)/b7-6+. The molecule has 0 aliphatic carbocycles. The number of carboxylic acids is 1. The van der Waals surface area contributed by atoms with Gasteiger partial charge in [0, 0.05) is 18.0 Å². The van der Waals surface area contributed by atoms with Crippen LogP contribution in [0.25, 0.3) is 11.9 Å². The summed E-state index contributed by atoms with van der Waals surface area (Å²) in [5.41, 5.74) is 3.89. The van der Waals surface area contributed by atoms with E-state index in [1.807, 2.05) is 17.7 Å². The Balaban J connectivity index is 2.41. The van der Waals surface area contributed by atoms with Crippen molar-refractivity contribution in [2.45, 2.75) is 33.6 Å². The molecule has 0 fully saturated rings. The van der Waals surface area contributed by atoms with E-state index < -0.39 is 5.97 Å². The molecule has 0 unspecified atom stereocenters. The Morgan fingerprint density at radius 1 is 1.33 bits per heavy atom. The van der Waals surface area contributed by atoms with Gasteiger partial charge in [-0.1, -0.05) is 13.8 Å². The van der Waals surface area contributed by atoms with Gasteiger partial charge < -0.3 is 5.11 Å². The summed E-state index contributed by atoms with van der Waals surface area (Å²) in [6.45, 7) is 6.12. The lowest BCUT2D eigenvalue weighted by molar-refractivity contribution is -0.131. The topological polar surface area (TPSA) is 68.0 Å². The molecule has 0 spiro atoms. The summed E-state index contributed by atoms with van der Waals surface area (Å²) in [4.78, 5) is 15.0. The summed E-state index contributed by atoms with van der Waals surface area (Å²) in [6, 6.07) is 4.01. The van der Waals surface area contributed by atoms with E-state index >= 15 is 0 Å². The highest BCUT2D eigenvalue weighted by Gasteiger charge is 2.11. The summed E-state index contributed by atoms with van der Waals surface area (Å²) in [5, 5.41) is 13.2. The first-order valence-corrected chi connectivity index (χ1v) is 7.01. The summed E-state index contributed by atoms with van der Waals surface area (Å²) < 4.78 is 1.87. The zero-order valence-corrected chi connectivity index (χ0v) is 12.5. The second kappa shape index (κ2) is 6.35. The van der Waals surface area contributed by atoms with Crippen molar-refractivity contribution in [3.05, 3.63) is 46.9 Å². The first-order valence-electron chi connectivity index (χ1n) is 7.01. The lowest BCUT2D eigenvalue weighted by Crippen LogP contribution is -2.06. The average molecular weight is 285 g/mol. The summed E-state index contributed by atoms with van der Waals surface area (Å²) in [7, 11) is 0. The first-order chi connectivity index (χ1) is 10.0. The van der Waals surface area contributed by atoms with Gasteiger partial charge in [-0.25, -0.2) is 14.5 Å². The third kappa shape index (κ3) is 3.37. The highest BCUT2D eigenvalue weighted by molar-refractivity contribution is 5.85. The van der Waals surface area contributed by atoms with Crippen molar-refractivity contribution in [1.29, 1.82) is 0 Å². The van der Waals surface area contributed by atoms with E-state index in [0.29, 0.717) is 0 Å². The quantitative estimate of drug-likeness (QED) is 0.858. The van der Waals surface area contributed by atoms with Crippen molar-refractivity contribution in [2.75, 3.05) is 0 Å². The van der Waals surface area contributed by atoms with Crippen LogP contribution in [0.2, 0.25) is 0 Å². The van der Waals surface area contributed by atoms with Crippen LogP contribution in [0.1, 0.15) is 36.4 Å². The van der Waals surface area contributed by atoms with Crippen molar-refractivity contribution in [3.8, 4) is 5.82 Å². The van der Waals surface area contributed by atoms with Gasteiger partial charge >= 0.3 is 5.97 Å². The van der Waals surface area contributed by atoms with E-state index in [-0.39, 0.29) is 0 Å². The second-order valence-electron chi connectivity index (χ2n) is 4.83. The monoisotopic (exact) mass is 285 g/mol. The van der Waals surface area contributed by atoms with Gasteiger partial charge in [-0.2, -0.15) is 5.10 Å². The Labute approximate surface area is 124 Å². The number of hydrogen-bond acceptors (Lipinski definition) is 3. The van der Waals surface area contributed by atoms with Crippen molar-refractivity contribution >= 4 is 12.0 Å². The molecule has 0 atom stereocenters. The Morgan fingerprint density at radius 2 is 2.10 bits per heavy atom. The van der Waals surface area contributed by atoms with Gasteiger partial charge in [-0.05, 0) is 49.1 Å². The molecule has 2 aromatic heterocycles. The van der Waals surface area contributed by atoms with Gasteiger partial charge in [0.2, 0.25) is 0 Å². The van der Waals surface area contributed by atoms with Gasteiger partial charge in [0.1, 0.15) is 0 Å². The molecule has 0 aliphatic heterocycles. The summed E-state index contributed by atoms with van der Waals surface area (Å²) >= 11 is 0. The number of rotatable bonds is 5. The fourth-order valence-corrected chi connectivity index (χ4v) is 2.15. The van der Waals surface area contributed by atoms with E-state index in [1.54, 1.807) is 6.20 Å². The van der Waals surface area contributed by atoms with Crippen molar-refractivity contribution < 1.29 is 9.90 Å². The van der Waals surface area contributed by atoms with Crippen LogP contribution in [0.5, 0.6) is 0 Å². The van der Waals surface area contributed by atoms with Crippen LogP contribution >= 0.6 is 0 Å². The molecule has 0 aromatic carbocycles. The Kier molecular flexibility index (Phi) is 4.52. The van der Waals surface area contributed by atoms with Gasteiger partial charge in [0.25, 0.3) is 0 Å². The van der Waals surface area contributed by atoms with Crippen LogP contribution in [0.3, 0.4) is 0 Å². The molecule has 110 valence electrons. The summed E-state index contributed by atoms with van der Waals surface area (Å²) in [5.74, 6) is -0.177. The van der Waals surface area contributed by atoms with E-state index in [0.717, 1.165) is 47.3 Å². The lowest BCUT2D eigenvalue weighted by atomic mass is 10.2. The van der Waals surface area contributed by atoms with Gasteiger partial charge in [-0.15, -0.1) is 0 Å². The maximum absolute atomic E-state index is 10.5. The van der Waals surface area contributed by atoms with Crippen LogP contribution in [-0.4, -0.2) is 25.8 Å². The molecule has 0 amide bonds. The zero-order valence-electron chi connectivity index (χ0n) is 12.5. The molecule has 21 heavy (non-hydrogen) atoms. The molecule has 2 rings (SSSR count). The van der Waals surface area contributed by atoms with Gasteiger partial charge in [0.15, 0.2) is 5.82 Å². The molecule has 1 N–H and O–H groups in total. The normalized spacial score (nSPS) is 11.2. The number of hydrogen-bond donors (Lipinski definition) is 1. The van der Waals surface area contributed by atoms with Gasteiger partial charge in [0.05, 0.1) is 5.69 Å². The number of nitrogens with zero attached hydrogens (tertiary/aromatic N) is 3. The average Bonchev–Trinajstić information content (AvgIpc) is 2.88. The van der Waals surface area contributed by atoms with Crippen LogP contribution in [0.15, 0.2) is 24.4 Å². The van der Waals surface area contributed by atoms with Crippen molar-refractivity contribution in [3.63, 3.8) is 0 Å². The molecule has 0 saturated heterocycles. The predicted octanol–water partition coefficient (Wildman–Crippen LogP) is 2.80. The van der Waals surface area contributed by atoms with E-state index in [2.05, 4.69) is 30.0 Å². The minimum absolute atomic E-state index is 0.763. The number of pyridine rings is 1. The van der Waals surface area contributed by atoms with Crippen molar-refractivity contribution in [2.24, 2.45) is 0 Å². The molecular weight excluding hydrogens is 266 g/mol. The number of carbonyl (C=O) groups is 1. The lowest BCUT2D eigenvalue weighted by Gasteiger charge is -2.08. The first kappa shape index (κ1) is 15.0. The van der Waals surface area contributed by atoms with Crippen LogP contribution in [0, 0.1) is 6.92 Å². The minimum Gasteiger partial charge on any atom is -0.478 e. The fraction of sp³-hybridized carbons (Fsp3) is 0.312. The smallest absolute Gasteiger partial charge is 0.328 e. The number of carboxylic acid groups (broad SMARTS) is 1. The molecule has 5 heteroatoms. The van der Waals surface area contributed by atoms with Crippen LogP contribution in [-0.2, 0) is 17.6 Å². The third-order valence-electron chi connectivity index (χ3n) is 3.25. The number of aryl methyl sites for hydroxylation is 3. The maximum atomic E-state index is 10.5. The number of aliphatic carboxylic acids is 1. The van der Waals surface area contributed by atoms with E-state index in [1.165, 1.54) is 6.08 Å². The number of aromatic nitrogens is 3. The maximum Gasteiger partial charge on any atom is 0.328 e. The molecule has 5 nitrogen and oxygen atoms in total. The predicted molar refractivity (Wildman–Crippen MR) is 81.5 cm³/mol. The Bertz CT molecular complexity index is 687. The largest absolute Gasteiger partial charge is 0.478 e. The molecule has 0 bridgehead atoms. The molecule has 2 heterocycles. The SMILES string of the molecule is CCc1cc(CC)n(-c2ncc(/C=C/C(=O)O)cc2C)n1. The highest BCUT2D eigenvalue weighted by atomic mass is 16.4. The van der Waals surface area contributed by atoms with E-state index in [4.69, 9.17) is 5.11 Å². The molecule has 0 saturated carbocycles. The van der Waals surface area contributed by atoms with Gasteiger partial charge in [-0.3, -0.25) is 0 Å². The Morgan fingerprint density at radius 3 is 2.67 bits per heavy atom.